The van der Waals surface area contributed by atoms with E-state index >= 15 is 0 Å². The summed E-state index contributed by atoms with van der Waals surface area (Å²) in [4.78, 5) is 23.5. The molecular weight excluding hydrogens is 262 g/mol. The Hall–Kier alpha value is -1.20. The summed E-state index contributed by atoms with van der Waals surface area (Å²) < 4.78 is 0. The van der Waals surface area contributed by atoms with Gasteiger partial charge >= 0.3 is 5.97 Å². The van der Waals surface area contributed by atoms with Gasteiger partial charge in [-0.25, -0.2) is 0 Å². The molecule has 0 saturated carbocycles. The molecule has 1 aliphatic rings. The molecule has 4 nitrogen and oxygen atoms in total. The van der Waals surface area contributed by atoms with Crippen LogP contribution in [0.3, 0.4) is 0 Å². The number of benzene rings is 1. The Balaban J connectivity index is 2.30. The van der Waals surface area contributed by atoms with E-state index in [1.54, 1.807) is 18.2 Å². The first-order valence-corrected chi connectivity index (χ1v) is 6.24. The monoisotopic (exact) mass is 271 g/mol. The third kappa shape index (κ3) is 2.40. The van der Waals surface area contributed by atoms with Crippen LogP contribution in [0.1, 0.15) is 6.92 Å². The van der Waals surface area contributed by atoms with Crippen molar-refractivity contribution in [3.8, 4) is 0 Å². The Morgan fingerprint density at radius 3 is 2.94 bits per heavy atom. The molecule has 0 aliphatic carbocycles. The van der Waals surface area contributed by atoms with Crippen molar-refractivity contribution >= 4 is 40.9 Å². The molecule has 0 fully saturated rings. The highest BCUT2D eigenvalue weighted by molar-refractivity contribution is 8.01. The van der Waals surface area contributed by atoms with E-state index in [-0.39, 0.29) is 5.91 Å². The van der Waals surface area contributed by atoms with Crippen molar-refractivity contribution in [1.29, 1.82) is 0 Å². The molecule has 2 unspecified atom stereocenters. The lowest BCUT2D eigenvalue weighted by molar-refractivity contribution is -0.142. The SMILES string of the molecule is CC(C(=O)O)C1Sc2ccc(Cl)cc2NC1=O. The summed E-state index contributed by atoms with van der Waals surface area (Å²) in [5.41, 5.74) is 0.640. The first kappa shape index (κ1) is 12.3. The minimum atomic E-state index is -0.977. The number of halogens is 1. The number of carboxylic acids is 1. The predicted molar refractivity (Wildman–Crippen MR) is 66.5 cm³/mol. The minimum absolute atomic E-state index is 0.292. The van der Waals surface area contributed by atoms with Gasteiger partial charge in [-0.15, -0.1) is 11.8 Å². The summed E-state index contributed by atoms with van der Waals surface area (Å²) in [6.07, 6.45) is 0. The maximum absolute atomic E-state index is 11.8. The molecular formula is C11H10ClNO3S. The van der Waals surface area contributed by atoms with Gasteiger partial charge in [0.05, 0.1) is 11.6 Å². The fourth-order valence-corrected chi connectivity index (χ4v) is 2.87. The molecule has 0 radical (unpaired) electrons. The highest BCUT2D eigenvalue weighted by Crippen LogP contribution is 2.39. The van der Waals surface area contributed by atoms with Crippen molar-refractivity contribution in [2.24, 2.45) is 5.92 Å². The van der Waals surface area contributed by atoms with Crippen LogP contribution >= 0.6 is 23.4 Å². The standard InChI is InChI=1S/C11H10ClNO3S/c1-5(11(15)16)9-10(14)13-7-4-6(12)2-3-8(7)17-9/h2-5,9H,1H3,(H,13,14)(H,15,16). The van der Waals surface area contributed by atoms with Crippen LogP contribution < -0.4 is 5.32 Å². The Morgan fingerprint density at radius 2 is 2.29 bits per heavy atom. The molecule has 90 valence electrons. The lowest BCUT2D eigenvalue weighted by atomic mass is 10.1. The van der Waals surface area contributed by atoms with Crippen molar-refractivity contribution in [2.45, 2.75) is 17.1 Å². The Morgan fingerprint density at radius 1 is 1.59 bits per heavy atom. The molecule has 2 N–H and O–H groups in total. The van der Waals surface area contributed by atoms with E-state index in [1.807, 2.05) is 0 Å². The zero-order chi connectivity index (χ0) is 12.6. The Kier molecular flexibility index (Phi) is 3.31. The van der Waals surface area contributed by atoms with Crippen LogP contribution in [0.5, 0.6) is 0 Å². The van der Waals surface area contributed by atoms with Crippen LogP contribution in [0.15, 0.2) is 23.1 Å². The first-order valence-electron chi connectivity index (χ1n) is 4.99. The molecule has 6 heteroatoms. The van der Waals surface area contributed by atoms with Gasteiger partial charge in [0.1, 0.15) is 5.25 Å². The quantitative estimate of drug-likeness (QED) is 0.867. The van der Waals surface area contributed by atoms with Crippen LogP contribution in [0.2, 0.25) is 5.02 Å². The molecule has 0 saturated heterocycles. The average Bonchev–Trinajstić information content (AvgIpc) is 2.27. The van der Waals surface area contributed by atoms with Crippen molar-refractivity contribution in [1.82, 2.24) is 0 Å². The van der Waals surface area contributed by atoms with Gasteiger partial charge in [-0.05, 0) is 18.2 Å². The van der Waals surface area contributed by atoms with Crippen LogP contribution in [-0.4, -0.2) is 22.2 Å². The molecule has 0 spiro atoms. The normalized spacial score (nSPS) is 20.4. The lowest BCUT2D eigenvalue weighted by Gasteiger charge is -2.26. The highest BCUT2D eigenvalue weighted by Gasteiger charge is 2.35. The zero-order valence-electron chi connectivity index (χ0n) is 8.94. The largest absolute Gasteiger partial charge is 0.481 e. The lowest BCUT2D eigenvalue weighted by Crippen LogP contribution is -2.37. The van der Waals surface area contributed by atoms with Crippen LogP contribution in [0.4, 0.5) is 5.69 Å². The smallest absolute Gasteiger partial charge is 0.307 e. The molecule has 2 atom stereocenters. The highest BCUT2D eigenvalue weighted by atomic mass is 35.5. The number of anilines is 1. The molecule has 1 aliphatic heterocycles. The van der Waals surface area contributed by atoms with E-state index in [9.17, 15) is 9.59 Å². The van der Waals surface area contributed by atoms with Crippen molar-refractivity contribution in [2.75, 3.05) is 5.32 Å². The number of carbonyl (C=O) groups excluding carboxylic acids is 1. The summed E-state index contributed by atoms with van der Waals surface area (Å²) in [7, 11) is 0. The average molecular weight is 272 g/mol. The van der Waals surface area contributed by atoms with E-state index in [4.69, 9.17) is 16.7 Å². The summed E-state index contributed by atoms with van der Waals surface area (Å²) in [6.45, 7) is 1.53. The van der Waals surface area contributed by atoms with Gasteiger partial charge in [0, 0.05) is 9.92 Å². The van der Waals surface area contributed by atoms with Gasteiger partial charge < -0.3 is 10.4 Å². The summed E-state index contributed by atoms with van der Waals surface area (Å²) in [5.74, 6) is -2.00. The molecule has 17 heavy (non-hydrogen) atoms. The fraction of sp³-hybridized carbons (Fsp3) is 0.273. The number of fused-ring (bicyclic) bond motifs is 1. The van der Waals surface area contributed by atoms with Gasteiger partial charge in [-0.3, -0.25) is 9.59 Å². The van der Waals surface area contributed by atoms with Crippen molar-refractivity contribution < 1.29 is 14.7 Å². The second kappa shape index (κ2) is 4.58. The number of hydrogen-bond donors (Lipinski definition) is 2. The number of rotatable bonds is 2. The van der Waals surface area contributed by atoms with Crippen molar-refractivity contribution in [3.63, 3.8) is 0 Å². The van der Waals surface area contributed by atoms with Gasteiger partial charge in [-0.1, -0.05) is 18.5 Å². The number of carboxylic acid groups (broad SMARTS) is 1. The van der Waals surface area contributed by atoms with E-state index in [0.29, 0.717) is 10.7 Å². The third-order valence-corrected chi connectivity index (χ3v) is 4.28. The molecule has 1 aromatic carbocycles. The maximum atomic E-state index is 11.8. The summed E-state index contributed by atoms with van der Waals surface area (Å²) in [6, 6.07) is 5.15. The van der Waals surface area contributed by atoms with Gasteiger partial charge in [0.2, 0.25) is 5.91 Å². The molecule has 1 heterocycles. The van der Waals surface area contributed by atoms with E-state index in [2.05, 4.69) is 5.32 Å². The minimum Gasteiger partial charge on any atom is -0.481 e. The van der Waals surface area contributed by atoms with Crippen molar-refractivity contribution in [3.05, 3.63) is 23.2 Å². The number of amides is 1. The molecule has 1 amide bonds. The summed E-state index contributed by atoms with van der Waals surface area (Å²) in [5, 5.41) is 11.5. The van der Waals surface area contributed by atoms with E-state index in [1.165, 1.54) is 18.7 Å². The molecule has 1 aromatic rings. The van der Waals surface area contributed by atoms with Gasteiger partial charge in [0.25, 0.3) is 0 Å². The Labute approximate surface area is 107 Å². The fourth-order valence-electron chi connectivity index (χ4n) is 1.56. The van der Waals surface area contributed by atoms with Crippen LogP contribution in [-0.2, 0) is 9.59 Å². The maximum Gasteiger partial charge on any atom is 0.307 e. The first-order chi connectivity index (χ1) is 7.99. The third-order valence-electron chi connectivity index (χ3n) is 2.56. The number of aliphatic carboxylic acids is 1. The predicted octanol–water partition coefficient (Wildman–Crippen LogP) is 2.47. The van der Waals surface area contributed by atoms with E-state index in [0.717, 1.165) is 4.90 Å². The van der Waals surface area contributed by atoms with Gasteiger partial charge in [0.15, 0.2) is 0 Å². The second-order valence-corrected chi connectivity index (χ2v) is 5.41. The topological polar surface area (TPSA) is 66.4 Å². The Bertz CT molecular complexity index is 492. The number of nitrogens with one attached hydrogen (secondary N) is 1. The second-order valence-electron chi connectivity index (χ2n) is 3.80. The molecule has 0 aromatic heterocycles. The number of carbonyl (C=O) groups is 2. The molecule has 0 bridgehead atoms. The number of thioether (sulfide) groups is 1. The van der Waals surface area contributed by atoms with Crippen LogP contribution in [0.25, 0.3) is 0 Å². The molecule has 2 rings (SSSR count). The van der Waals surface area contributed by atoms with Gasteiger partial charge in [-0.2, -0.15) is 0 Å². The van der Waals surface area contributed by atoms with E-state index < -0.39 is 17.1 Å². The number of hydrogen-bond acceptors (Lipinski definition) is 3. The summed E-state index contributed by atoms with van der Waals surface area (Å²) >= 11 is 7.08. The zero-order valence-corrected chi connectivity index (χ0v) is 10.5. The van der Waals surface area contributed by atoms with Crippen LogP contribution in [0, 0.1) is 5.92 Å².